The molecule has 0 aliphatic rings. The molecular weight excluding hydrogens is 432 g/mol. The number of aromatic nitrogens is 4. The van der Waals surface area contributed by atoms with Crippen LogP contribution in [0.5, 0.6) is 5.75 Å². The molecule has 3 aromatic heterocycles. The SMILES string of the molecule is COc1ccc(-n2c(Sc3nc(-c4ccccc4)cs3)nnc2-c2cccs2)cc1. The molecular formula is C22H16N4OS3. The second-order valence-electron chi connectivity index (χ2n) is 6.28. The molecule has 0 atom stereocenters. The van der Waals surface area contributed by atoms with Gasteiger partial charge in [0.15, 0.2) is 10.2 Å². The summed E-state index contributed by atoms with van der Waals surface area (Å²) in [5.41, 5.74) is 3.06. The normalized spacial score (nSPS) is 11.0. The van der Waals surface area contributed by atoms with Crippen molar-refractivity contribution in [2.24, 2.45) is 0 Å². The van der Waals surface area contributed by atoms with Gasteiger partial charge in [0.1, 0.15) is 5.75 Å². The Morgan fingerprint density at radius 1 is 0.900 bits per heavy atom. The lowest BCUT2D eigenvalue weighted by atomic mass is 10.2. The number of benzene rings is 2. The Balaban J connectivity index is 1.53. The maximum absolute atomic E-state index is 5.31. The highest BCUT2D eigenvalue weighted by Gasteiger charge is 2.19. The highest BCUT2D eigenvalue weighted by molar-refractivity contribution is 8.00. The molecule has 0 bridgehead atoms. The van der Waals surface area contributed by atoms with Crippen LogP contribution in [0, 0.1) is 0 Å². The molecule has 30 heavy (non-hydrogen) atoms. The molecule has 8 heteroatoms. The van der Waals surface area contributed by atoms with Crippen LogP contribution in [0.1, 0.15) is 0 Å². The quantitative estimate of drug-likeness (QED) is 0.306. The van der Waals surface area contributed by atoms with Crippen molar-refractivity contribution in [3.63, 3.8) is 0 Å². The molecule has 0 fully saturated rings. The predicted octanol–water partition coefficient (Wildman–Crippen LogP) is 6.28. The van der Waals surface area contributed by atoms with Gasteiger partial charge in [0.05, 0.1) is 23.4 Å². The predicted molar refractivity (Wildman–Crippen MR) is 123 cm³/mol. The van der Waals surface area contributed by atoms with Crippen molar-refractivity contribution >= 4 is 34.4 Å². The van der Waals surface area contributed by atoms with E-state index in [0.29, 0.717) is 0 Å². The first-order valence-electron chi connectivity index (χ1n) is 9.14. The van der Waals surface area contributed by atoms with Crippen LogP contribution < -0.4 is 4.74 Å². The molecule has 5 rings (SSSR count). The summed E-state index contributed by atoms with van der Waals surface area (Å²) in [6.07, 6.45) is 0. The average molecular weight is 449 g/mol. The molecule has 2 aromatic carbocycles. The molecule has 0 saturated carbocycles. The van der Waals surface area contributed by atoms with E-state index >= 15 is 0 Å². The lowest BCUT2D eigenvalue weighted by Crippen LogP contribution is -1.99. The summed E-state index contributed by atoms with van der Waals surface area (Å²) in [7, 11) is 1.67. The van der Waals surface area contributed by atoms with Crippen LogP contribution in [-0.2, 0) is 0 Å². The third-order valence-corrected chi connectivity index (χ3v) is 7.19. The minimum atomic E-state index is 0.775. The fourth-order valence-electron chi connectivity index (χ4n) is 2.99. The van der Waals surface area contributed by atoms with Gasteiger partial charge >= 0.3 is 0 Å². The van der Waals surface area contributed by atoms with Gasteiger partial charge in [-0.15, -0.1) is 32.9 Å². The first-order chi connectivity index (χ1) is 14.8. The van der Waals surface area contributed by atoms with E-state index in [-0.39, 0.29) is 0 Å². The summed E-state index contributed by atoms with van der Waals surface area (Å²) < 4.78 is 8.30. The number of thiophene rings is 1. The van der Waals surface area contributed by atoms with Crippen LogP contribution in [0.15, 0.2) is 87.0 Å². The monoisotopic (exact) mass is 448 g/mol. The maximum atomic E-state index is 5.31. The molecule has 0 aliphatic heterocycles. The Labute approximate surface area is 186 Å². The Hall–Kier alpha value is -2.94. The highest BCUT2D eigenvalue weighted by atomic mass is 32.2. The van der Waals surface area contributed by atoms with Crippen LogP contribution in [0.3, 0.4) is 0 Å². The topological polar surface area (TPSA) is 52.8 Å². The third kappa shape index (κ3) is 3.77. The lowest BCUT2D eigenvalue weighted by molar-refractivity contribution is 0.414. The molecule has 0 unspecified atom stereocenters. The molecule has 0 aliphatic carbocycles. The fourth-order valence-corrected chi connectivity index (χ4v) is 5.47. The van der Waals surface area contributed by atoms with E-state index < -0.39 is 0 Å². The van der Waals surface area contributed by atoms with E-state index in [1.807, 2.05) is 53.9 Å². The van der Waals surface area contributed by atoms with Gasteiger partial charge in [-0.2, -0.15) is 0 Å². The first-order valence-corrected chi connectivity index (χ1v) is 11.7. The van der Waals surface area contributed by atoms with Gasteiger partial charge in [0, 0.05) is 10.9 Å². The fraction of sp³-hybridized carbons (Fsp3) is 0.0455. The molecule has 0 spiro atoms. The summed E-state index contributed by atoms with van der Waals surface area (Å²) in [6.45, 7) is 0. The Morgan fingerprint density at radius 2 is 1.73 bits per heavy atom. The zero-order valence-corrected chi connectivity index (χ0v) is 18.4. The molecule has 5 nitrogen and oxygen atoms in total. The molecule has 0 radical (unpaired) electrons. The third-order valence-electron chi connectivity index (χ3n) is 4.44. The van der Waals surface area contributed by atoms with Crippen molar-refractivity contribution in [2.45, 2.75) is 9.50 Å². The Kier molecular flexibility index (Phi) is 5.35. The van der Waals surface area contributed by atoms with Crippen molar-refractivity contribution in [3.8, 4) is 33.4 Å². The first kappa shape index (κ1) is 19.0. The molecule has 0 amide bonds. The van der Waals surface area contributed by atoms with E-state index in [1.165, 1.54) is 11.8 Å². The van der Waals surface area contributed by atoms with E-state index in [1.54, 1.807) is 29.8 Å². The van der Waals surface area contributed by atoms with E-state index in [2.05, 4.69) is 38.3 Å². The molecule has 5 aromatic rings. The summed E-state index contributed by atoms with van der Waals surface area (Å²) in [6, 6.07) is 22.2. The number of hydrogen-bond acceptors (Lipinski definition) is 7. The van der Waals surface area contributed by atoms with Crippen molar-refractivity contribution < 1.29 is 4.74 Å². The van der Waals surface area contributed by atoms with Crippen LogP contribution in [0.25, 0.3) is 27.6 Å². The number of ether oxygens (including phenoxy) is 1. The van der Waals surface area contributed by atoms with Crippen molar-refractivity contribution in [2.75, 3.05) is 7.11 Å². The summed E-state index contributed by atoms with van der Waals surface area (Å²) in [4.78, 5) is 5.86. The highest BCUT2D eigenvalue weighted by Crippen LogP contribution is 2.36. The largest absolute Gasteiger partial charge is 0.497 e. The standard InChI is InChI=1S/C22H16N4OS3/c1-27-17-11-9-16(10-12-17)26-20(19-8-5-13-28-19)24-25-21(26)30-22-23-18(14-29-22)15-6-3-2-4-7-15/h2-14H,1H3. The van der Waals surface area contributed by atoms with Gasteiger partial charge in [-0.3, -0.25) is 4.57 Å². The van der Waals surface area contributed by atoms with Crippen molar-refractivity contribution in [1.29, 1.82) is 0 Å². The second kappa shape index (κ2) is 8.43. The molecule has 148 valence electrons. The molecule has 0 saturated heterocycles. The second-order valence-corrected chi connectivity index (χ2v) is 9.30. The summed E-state index contributed by atoms with van der Waals surface area (Å²) in [5, 5.41) is 13.9. The number of methoxy groups -OCH3 is 1. The minimum Gasteiger partial charge on any atom is -0.497 e. The van der Waals surface area contributed by atoms with E-state index in [4.69, 9.17) is 9.72 Å². The number of hydrogen-bond donors (Lipinski definition) is 0. The van der Waals surface area contributed by atoms with Crippen LogP contribution in [0.4, 0.5) is 0 Å². The van der Waals surface area contributed by atoms with Crippen LogP contribution in [-0.4, -0.2) is 26.9 Å². The lowest BCUT2D eigenvalue weighted by Gasteiger charge is -2.09. The molecule has 3 heterocycles. The summed E-state index contributed by atoms with van der Waals surface area (Å²) in [5.74, 6) is 1.63. The smallest absolute Gasteiger partial charge is 0.203 e. The zero-order chi connectivity index (χ0) is 20.3. The number of rotatable bonds is 6. The number of thiazole rings is 1. The average Bonchev–Trinajstić information content (AvgIpc) is 3.56. The van der Waals surface area contributed by atoms with Gasteiger partial charge < -0.3 is 4.74 Å². The Morgan fingerprint density at radius 3 is 2.47 bits per heavy atom. The molecule has 0 N–H and O–H groups in total. The zero-order valence-electron chi connectivity index (χ0n) is 15.9. The minimum absolute atomic E-state index is 0.775. The van der Waals surface area contributed by atoms with Crippen molar-refractivity contribution in [1.82, 2.24) is 19.7 Å². The van der Waals surface area contributed by atoms with Crippen LogP contribution >= 0.6 is 34.4 Å². The van der Waals surface area contributed by atoms with Gasteiger partial charge in [-0.25, -0.2) is 4.98 Å². The van der Waals surface area contributed by atoms with Crippen LogP contribution in [0.2, 0.25) is 0 Å². The maximum Gasteiger partial charge on any atom is 0.203 e. The Bertz CT molecular complexity index is 1250. The van der Waals surface area contributed by atoms with E-state index in [0.717, 1.165) is 42.9 Å². The van der Waals surface area contributed by atoms with Gasteiger partial charge in [-0.1, -0.05) is 36.4 Å². The van der Waals surface area contributed by atoms with E-state index in [9.17, 15) is 0 Å². The summed E-state index contributed by atoms with van der Waals surface area (Å²) >= 11 is 4.78. The van der Waals surface area contributed by atoms with Crippen molar-refractivity contribution in [3.05, 3.63) is 77.5 Å². The van der Waals surface area contributed by atoms with Gasteiger partial charge in [-0.05, 0) is 47.5 Å². The van der Waals surface area contributed by atoms with Gasteiger partial charge in [0.2, 0.25) is 5.16 Å². The number of nitrogens with zero attached hydrogens (tertiary/aromatic N) is 4. The van der Waals surface area contributed by atoms with Gasteiger partial charge in [0.25, 0.3) is 0 Å².